The Morgan fingerprint density at radius 1 is 1.09 bits per heavy atom. The molecular formula is C25H28N6O4. The summed E-state index contributed by atoms with van der Waals surface area (Å²) in [4.78, 5) is 20.7. The third kappa shape index (κ3) is 5.85. The number of aromatic nitrogens is 4. The van der Waals surface area contributed by atoms with Crippen LogP contribution in [0, 0.1) is 0 Å². The molecule has 0 spiro atoms. The van der Waals surface area contributed by atoms with Gasteiger partial charge in [0.1, 0.15) is 34.9 Å². The molecule has 0 unspecified atom stereocenters. The van der Waals surface area contributed by atoms with Crippen LogP contribution in [-0.4, -0.2) is 49.2 Å². The highest BCUT2D eigenvalue weighted by Crippen LogP contribution is 2.32. The average Bonchev–Trinajstić information content (AvgIpc) is 3.18. The molecule has 1 atom stereocenters. The normalized spacial score (nSPS) is 12.3. The molecule has 2 aromatic carbocycles. The Kier molecular flexibility index (Phi) is 6.83. The molecule has 0 fully saturated rings. The van der Waals surface area contributed by atoms with E-state index in [-0.39, 0.29) is 19.0 Å². The first kappa shape index (κ1) is 24.0. The topological polar surface area (TPSA) is 137 Å². The summed E-state index contributed by atoms with van der Waals surface area (Å²) in [7, 11) is 0. The second-order valence-electron chi connectivity index (χ2n) is 8.95. The minimum atomic E-state index is -0.659. The zero-order valence-corrected chi connectivity index (χ0v) is 19.8. The molecule has 0 aliphatic carbocycles. The van der Waals surface area contributed by atoms with E-state index in [1.807, 2.05) is 54.6 Å². The monoisotopic (exact) mass is 476 g/mol. The highest BCUT2D eigenvalue weighted by Gasteiger charge is 2.22. The Hall–Kier alpha value is -4.18. The summed E-state index contributed by atoms with van der Waals surface area (Å²) in [6.45, 7) is 5.14. The number of carbonyl (C=O) groups is 1. The Morgan fingerprint density at radius 3 is 2.43 bits per heavy atom. The van der Waals surface area contributed by atoms with E-state index in [1.54, 1.807) is 25.5 Å². The molecule has 0 aliphatic rings. The number of rotatable bonds is 7. The van der Waals surface area contributed by atoms with Crippen LogP contribution >= 0.6 is 0 Å². The number of alkyl carbamates (subject to hydrolysis) is 1. The predicted molar refractivity (Wildman–Crippen MR) is 132 cm³/mol. The minimum Gasteiger partial charge on any atom is -0.457 e. The zero-order chi connectivity index (χ0) is 25.0. The maximum atomic E-state index is 12.2. The van der Waals surface area contributed by atoms with Gasteiger partial charge in [0.2, 0.25) is 0 Å². The van der Waals surface area contributed by atoms with Crippen LogP contribution in [0.4, 0.5) is 10.6 Å². The van der Waals surface area contributed by atoms with Crippen molar-refractivity contribution in [2.24, 2.45) is 0 Å². The van der Waals surface area contributed by atoms with Crippen LogP contribution in [0.15, 0.2) is 60.9 Å². The number of nitrogens with zero attached hydrogens (tertiary/aromatic N) is 4. The van der Waals surface area contributed by atoms with Gasteiger partial charge in [0, 0.05) is 5.56 Å². The van der Waals surface area contributed by atoms with E-state index in [9.17, 15) is 9.90 Å². The van der Waals surface area contributed by atoms with Gasteiger partial charge in [-0.2, -0.15) is 5.10 Å². The molecule has 1 amide bonds. The van der Waals surface area contributed by atoms with Crippen LogP contribution in [0.3, 0.4) is 0 Å². The van der Waals surface area contributed by atoms with Crippen molar-refractivity contribution < 1.29 is 19.4 Å². The Labute approximate surface area is 202 Å². The number of hydrogen-bond donors (Lipinski definition) is 3. The van der Waals surface area contributed by atoms with Gasteiger partial charge in [0.05, 0.1) is 24.6 Å². The zero-order valence-electron chi connectivity index (χ0n) is 19.8. The molecule has 35 heavy (non-hydrogen) atoms. The number of nitrogens with two attached hydrogens (primary N) is 1. The number of aliphatic hydroxyl groups excluding tert-OH is 1. The minimum absolute atomic E-state index is 0.151. The second kappa shape index (κ2) is 9.98. The lowest BCUT2D eigenvalue weighted by atomic mass is 10.1. The Morgan fingerprint density at radius 2 is 1.77 bits per heavy atom. The number of amides is 1. The predicted octanol–water partition coefficient (Wildman–Crippen LogP) is 3.75. The van der Waals surface area contributed by atoms with E-state index in [2.05, 4.69) is 15.3 Å². The number of nitrogen functional groups attached to an aromatic ring is 1. The molecule has 4 rings (SSSR count). The molecule has 0 saturated heterocycles. The first-order chi connectivity index (χ1) is 16.7. The van der Waals surface area contributed by atoms with Crippen LogP contribution < -0.4 is 15.8 Å². The fourth-order valence-electron chi connectivity index (χ4n) is 3.50. The highest BCUT2D eigenvalue weighted by atomic mass is 16.6. The van der Waals surface area contributed by atoms with Crippen LogP contribution in [-0.2, 0) is 11.3 Å². The van der Waals surface area contributed by atoms with Gasteiger partial charge in [-0.25, -0.2) is 19.4 Å². The molecule has 2 heterocycles. The van der Waals surface area contributed by atoms with Gasteiger partial charge in [-0.15, -0.1) is 0 Å². The molecule has 2 aromatic heterocycles. The van der Waals surface area contributed by atoms with E-state index < -0.39 is 17.7 Å². The van der Waals surface area contributed by atoms with Crippen molar-refractivity contribution in [1.82, 2.24) is 25.1 Å². The number of benzene rings is 2. The number of para-hydroxylation sites is 1. The molecule has 0 saturated carbocycles. The largest absolute Gasteiger partial charge is 0.457 e. The first-order valence-corrected chi connectivity index (χ1v) is 11.1. The van der Waals surface area contributed by atoms with E-state index in [1.165, 1.54) is 6.33 Å². The molecule has 0 radical (unpaired) electrons. The summed E-state index contributed by atoms with van der Waals surface area (Å²) in [6.07, 6.45) is 0.724. The quantitative estimate of drug-likeness (QED) is 0.367. The van der Waals surface area contributed by atoms with Gasteiger partial charge >= 0.3 is 6.09 Å². The van der Waals surface area contributed by atoms with E-state index in [4.69, 9.17) is 20.3 Å². The summed E-state index contributed by atoms with van der Waals surface area (Å²) in [6, 6.07) is 16.3. The summed E-state index contributed by atoms with van der Waals surface area (Å²) >= 11 is 0. The fourth-order valence-corrected chi connectivity index (χ4v) is 3.50. The smallest absolute Gasteiger partial charge is 0.408 e. The molecular weight excluding hydrogens is 448 g/mol. The molecule has 0 aliphatic heterocycles. The van der Waals surface area contributed by atoms with Gasteiger partial charge in [-0.05, 0) is 57.2 Å². The number of ether oxygens (including phenoxy) is 2. The first-order valence-electron chi connectivity index (χ1n) is 11.1. The lowest BCUT2D eigenvalue weighted by molar-refractivity contribution is 0.0474. The lowest BCUT2D eigenvalue weighted by Crippen LogP contribution is -2.43. The van der Waals surface area contributed by atoms with Crippen molar-refractivity contribution in [3.05, 3.63) is 60.9 Å². The second-order valence-corrected chi connectivity index (χ2v) is 8.95. The van der Waals surface area contributed by atoms with Gasteiger partial charge in [-0.3, -0.25) is 0 Å². The molecule has 10 nitrogen and oxygen atoms in total. The maximum Gasteiger partial charge on any atom is 0.408 e. The molecule has 0 bridgehead atoms. The summed E-state index contributed by atoms with van der Waals surface area (Å²) in [5, 5.41) is 17.8. The maximum absolute atomic E-state index is 12.2. The average molecular weight is 477 g/mol. The lowest BCUT2D eigenvalue weighted by Gasteiger charge is -2.22. The third-order valence-corrected chi connectivity index (χ3v) is 5.00. The summed E-state index contributed by atoms with van der Waals surface area (Å²) in [5.74, 6) is 1.69. The number of anilines is 1. The van der Waals surface area contributed by atoms with Gasteiger partial charge in [0.15, 0.2) is 5.65 Å². The fraction of sp³-hybridized carbons (Fsp3) is 0.280. The number of carbonyl (C=O) groups excluding carboxylic acids is 1. The standard InChI is InChI=1S/C25H28N6O4/c1-25(2,3)35-24(33)29-17(14-32)13-31-23-20(22(26)27-15-28-23)21(30-31)16-9-11-19(12-10-16)34-18-7-5-4-6-8-18/h4-12,15,17,32H,13-14H2,1-3H3,(H,29,33)(H2,26,27,28)/t17-/m0/s1. The Bertz CT molecular complexity index is 1300. The van der Waals surface area contributed by atoms with Crippen molar-refractivity contribution in [2.75, 3.05) is 12.3 Å². The Balaban J connectivity index is 1.61. The van der Waals surface area contributed by atoms with E-state index >= 15 is 0 Å². The number of hydrogen-bond acceptors (Lipinski definition) is 8. The number of nitrogens with one attached hydrogen (secondary N) is 1. The van der Waals surface area contributed by atoms with Crippen LogP contribution in [0.1, 0.15) is 20.8 Å². The van der Waals surface area contributed by atoms with Crippen molar-refractivity contribution in [3.63, 3.8) is 0 Å². The molecule has 10 heteroatoms. The third-order valence-electron chi connectivity index (χ3n) is 5.00. The highest BCUT2D eigenvalue weighted by molar-refractivity contribution is 5.98. The van der Waals surface area contributed by atoms with Crippen LogP contribution in [0.2, 0.25) is 0 Å². The van der Waals surface area contributed by atoms with E-state index in [0.29, 0.717) is 22.5 Å². The van der Waals surface area contributed by atoms with Crippen molar-refractivity contribution in [3.8, 4) is 22.8 Å². The summed E-state index contributed by atoms with van der Waals surface area (Å²) in [5.41, 5.74) is 7.38. The van der Waals surface area contributed by atoms with Crippen molar-refractivity contribution in [1.29, 1.82) is 0 Å². The van der Waals surface area contributed by atoms with E-state index in [0.717, 1.165) is 11.3 Å². The van der Waals surface area contributed by atoms with Crippen LogP contribution in [0.25, 0.3) is 22.3 Å². The van der Waals surface area contributed by atoms with Gasteiger partial charge in [0.25, 0.3) is 0 Å². The summed E-state index contributed by atoms with van der Waals surface area (Å²) < 4.78 is 12.8. The van der Waals surface area contributed by atoms with Gasteiger partial charge < -0.3 is 25.6 Å². The molecule has 4 aromatic rings. The number of aliphatic hydroxyl groups is 1. The number of fused-ring (bicyclic) bond motifs is 1. The molecule has 182 valence electrons. The SMILES string of the molecule is CC(C)(C)OC(=O)N[C@H](CO)Cn1nc(-c2ccc(Oc3ccccc3)cc2)c2c(N)ncnc21. The van der Waals surface area contributed by atoms with Gasteiger partial charge in [-0.1, -0.05) is 18.2 Å². The van der Waals surface area contributed by atoms with Crippen molar-refractivity contribution in [2.45, 2.75) is 39.0 Å². The van der Waals surface area contributed by atoms with Crippen molar-refractivity contribution >= 4 is 22.9 Å². The molecule has 4 N–H and O–H groups in total. The van der Waals surface area contributed by atoms with Crippen LogP contribution in [0.5, 0.6) is 11.5 Å².